The lowest BCUT2D eigenvalue weighted by Crippen LogP contribution is -2.28. The van der Waals surface area contributed by atoms with Gasteiger partial charge >= 0.3 is 0 Å². The van der Waals surface area contributed by atoms with Crippen LogP contribution in [-0.2, 0) is 9.84 Å². The molecular formula is C10H12FNO4S. The van der Waals surface area contributed by atoms with Crippen LogP contribution in [0.25, 0.3) is 0 Å². The summed E-state index contributed by atoms with van der Waals surface area (Å²) in [5, 5.41) is 11.6. The normalized spacial score (nSPS) is 11.2. The minimum Gasteiger partial charge on any atom is -0.507 e. The first-order chi connectivity index (χ1) is 7.79. The first kappa shape index (κ1) is 13.4. The van der Waals surface area contributed by atoms with Crippen LogP contribution in [0.4, 0.5) is 4.39 Å². The van der Waals surface area contributed by atoms with E-state index in [0.717, 1.165) is 24.5 Å². The summed E-state index contributed by atoms with van der Waals surface area (Å²) < 4.78 is 34.5. The summed E-state index contributed by atoms with van der Waals surface area (Å²) >= 11 is 0. The second kappa shape index (κ2) is 5.13. The van der Waals surface area contributed by atoms with E-state index >= 15 is 0 Å². The summed E-state index contributed by atoms with van der Waals surface area (Å²) in [5.41, 5.74) is -0.224. The Morgan fingerprint density at radius 3 is 2.71 bits per heavy atom. The molecule has 7 heteroatoms. The highest BCUT2D eigenvalue weighted by atomic mass is 32.2. The molecule has 17 heavy (non-hydrogen) atoms. The minimum absolute atomic E-state index is 0.0897. The van der Waals surface area contributed by atoms with Crippen molar-refractivity contribution in [3.05, 3.63) is 29.6 Å². The second-order valence-electron chi connectivity index (χ2n) is 3.55. The van der Waals surface area contributed by atoms with Gasteiger partial charge in [0.05, 0.1) is 11.3 Å². The second-order valence-corrected chi connectivity index (χ2v) is 5.81. The number of rotatable bonds is 4. The molecule has 0 atom stereocenters. The Bertz CT molecular complexity index is 527. The van der Waals surface area contributed by atoms with Crippen LogP contribution < -0.4 is 5.32 Å². The molecule has 1 amide bonds. The molecule has 0 heterocycles. The van der Waals surface area contributed by atoms with E-state index in [4.69, 9.17) is 0 Å². The van der Waals surface area contributed by atoms with Crippen LogP contribution in [-0.4, -0.2) is 38.0 Å². The van der Waals surface area contributed by atoms with Crippen molar-refractivity contribution >= 4 is 15.7 Å². The number of halogens is 1. The molecule has 1 aromatic rings. The van der Waals surface area contributed by atoms with E-state index in [1.54, 1.807) is 0 Å². The SMILES string of the molecule is CS(=O)(=O)CCNC(=O)c1cc(F)ccc1O. The summed E-state index contributed by atoms with van der Waals surface area (Å²) in [4.78, 5) is 11.5. The number of phenolic OH excluding ortho intramolecular Hbond substituents is 1. The number of carbonyl (C=O) groups is 1. The largest absolute Gasteiger partial charge is 0.507 e. The molecule has 0 bridgehead atoms. The lowest BCUT2D eigenvalue weighted by atomic mass is 10.2. The number of aromatic hydroxyl groups is 1. The van der Waals surface area contributed by atoms with E-state index in [2.05, 4.69) is 5.32 Å². The Hall–Kier alpha value is -1.63. The lowest BCUT2D eigenvalue weighted by molar-refractivity contribution is 0.0953. The number of benzene rings is 1. The number of nitrogens with one attached hydrogen (secondary N) is 1. The third-order valence-corrected chi connectivity index (χ3v) is 2.91. The zero-order valence-corrected chi connectivity index (χ0v) is 9.92. The van der Waals surface area contributed by atoms with Crippen molar-refractivity contribution in [2.75, 3.05) is 18.6 Å². The predicted molar refractivity (Wildman–Crippen MR) is 60.1 cm³/mol. The zero-order valence-electron chi connectivity index (χ0n) is 9.10. The number of sulfone groups is 1. The minimum atomic E-state index is -3.17. The van der Waals surface area contributed by atoms with Gasteiger partial charge in [0.15, 0.2) is 0 Å². The molecular weight excluding hydrogens is 249 g/mol. The van der Waals surface area contributed by atoms with E-state index in [1.807, 2.05) is 0 Å². The summed E-state index contributed by atoms with van der Waals surface area (Å²) in [6.07, 6.45) is 1.04. The molecule has 2 N–H and O–H groups in total. The van der Waals surface area contributed by atoms with Crippen molar-refractivity contribution < 1.29 is 22.7 Å². The van der Waals surface area contributed by atoms with Crippen LogP contribution in [0.2, 0.25) is 0 Å². The number of hydrogen-bond donors (Lipinski definition) is 2. The van der Waals surface area contributed by atoms with Crippen LogP contribution in [0.3, 0.4) is 0 Å². The molecule has 0 aliphatic carbocycles. The van der Waals surface area contributed by atoms with Gasteiger partial charge in [-0.05, 0) is 18.2 Å². The quantitative estimate of drug-likeness (QED) is 0.817. The molecule has 0 radical (unpaired) electrons. The zero-order chi connectivity index (χ0) is 13.1. The molecule has 1 aromatic carbocycles. The Balaban J connectivity index is 2.67. The van der Waals surface area contributed by atoms with Crippen molar-refractivity contribution in [2.24, 2.45) is 0 Å². The molecule has 0 saturated heterocycles. The van der Waals surface area contributed by atoms with Crippen LogP contribution >= 0.6 is 0 Å². The monoisotopic (exact) mass is 261 g/mol. The van der Waals surface area contributed by atoms with Gasteiger partial charge in [-0.15, -0.1) is 0 Å². The maximum Gasteiger partial charge on any atom is 0.255 e. The highest BCUT2D eigenvalue weighted by Gasteiger charge is 2.12. The van der Waals surface area contributed by atoms with Gasteiger partial charge in [0.25, 0.3) is 5.91 Å². The van der Waals surface area contributed by atoms with Crippen molar-refractivity contribution in [2.45, 2.75) is 0 Å². The molecule has 0 saturated carbocycles. The molecule has 0 fully saturated rings. The smallest absolute Gasteiger partial charge is 0.255 e. The molecule has 0 aliphatic rings. The Labute approximate surface area is 98.2 Å². The van der Waals surface area contributed by atoms with Gasteiger partial charge in [-0.2, -0.15) is 0 Å². The molecule has 94 valence electrons. The fourth-order valence-electron chi connectivity index (χ4n) is 1.14. The van der Waals surface area contributed by atoms with Gasteiger partial charge in [-0.1, -0.05) is 0 Å². The van der Waals surface area contributed by atoms with Gasteiger partial charge in [0.2, 0.25) is 0 Å². The molecule has 0 unspecified atom stereocenters. The van der Waals surface area contributed by atoms with Gasteiger partial charge < -0.3 is 10.4 Å². The highest BCUT2D eigenvalue weighted by Crippen LogP contribution is 2.17. The van der Waals surface area contributed by atoms with Crippen molar-refractivity contribution in [1.29, 1.82) is 0 Å². The number of hydrogen-bond acceptors (Lipinski definition) is 4. The van der Waals surface area contributed by atoms with E-state index in [9.17, 15) is 22.7 Å². The average Bonchev–Trinajstić information content (AvgIpc) is 2.19. The van der Waals surface area contributed by atoms with E-state index < -0.39 is 21.6 Å². The average molecular weight is 261 g/mol. The van der Waals surface area contributed by atoms with Crippen molar-refractivity contribution in [3.63, 3.8) is 0 Å². The summed E-state index contributed by atoms with van der Waals surface area (Å²) in [6, 6.07) is 2.95. The highest BCUT2D eigenvalue weighted by molar-refractivity contribution is 7.90. The third-order valence-electron chi connectivity index (χ3n) is 1.96. The van der Waals surface area contributed by atoms with Gasteiger partial charge in [-0.3, -0.25) is 4.79 Å². The number of amides is 1. The molecule has 0 aromatic heterocycles. The summed E-state index contributed by atoms with van der Waals surface area (Å²) in [7, 11) is -3.17. The number of phenols is 1. The third kappa shape index (κ3) is 4.39. The Morgan fingerprint density at radius 1 is 1.47 bits per heavy atom. The van der Waals surface area contributed by atoms with Gasteiger partial charge in [0.1, 0.15) is 21.4 Å². The van der Waals surface area contributed by atoms with Crippen molar-refractivity contribution in [3.8, 4) is 5.75 Å². The maximum absolute atomic E-state index is 12.8. The van der Waals surface area contributed by atoms with Gasteiger partial charge in [0, 0.05) is 12.8 Å². The van der Waals surface area contributed by atoms with E-state index in [1.165, 1.54) is 0 Å². The first-order valence-corrected chi connectivity index (χ1v) is 6.80. The van der Waals surface area contributed by atoms with Crippen LogP contribution in [0, 0.1) is 5.82 Å². The first-order valence-electron chi connectivity index (χ1n) is 4.74. The van der Waals surface area contributed by atoms with Crippen molar-refractivity contribution in [1.82, 2.24) is 5.32 Å². The van der Waals surface area contributed by atoms with Crippen LogP contribution in [0.15, 0.2) is 18.2 Å². The van der Waals surface area contributed by atoms with Crippen LogP contribution in [0.5, 0.6) is 5.75 Å². The van der Waals surface area contributed by atoms with E-state index in [0.29, 0.717) is 0 Å². The van der Waals surface area contributed by atoms with Gasteiger partial charge in [-0.25, -0.2) is 12.8 Å². The Kier molecular flexibility index (Phi) is 4.06. The number of carbonyl (C=O) groups excluding carboxylic acids is 1. The molecule has 0 spiro atoms. The fourth-order valence-corrected chi connectivity index (χ4v) is 1.61. The summed E-state index contributed by atoms with van der Waals surface area (Å²) in [6.45, 7) is -0.0897. The van der Waals surface area contributed by atoms with Crippen LogP contribution in [0.1, 0.15) is 10.4 Å². The fraction of sp³-hybridized carbons (Fsp3) is 0.300. The van der Waals surface area contributed by atoms with E-state index in [-0.39, 0.29) is 23.6 Å². The summed E-state index contributed by atoms with van der Waals surface area (Å²) in [5.74, 6) is -1.94. The standard InChI is InChI=1S/C10H12FNO4S/c1-17(15,16)5-4-12-10(14)8-6-7(11)2-3-9(8)13/h2-3,6,13H,4-5H2,1H3,(H,12,14). The molecule has 0 aliphatic heterocycles. The molecule has 1 rings (SSSR count). The lowest BCUT2D eigenvalue weighted by Gasteiger charge is -2.06. The predicted octanol–water partition coefficient (Wildman–Crippen LogP) is 0.306. The molecule has 5 nitrogen and oxygen atoms in total. The Morgan fingerprint density at radius 2 is 2.12 bits per heavy atom. The topological polar surface area (TPSA) is 83.5 Å². The maximum atomic E-state index is 12.8.